The van der Waals surface area contributed by atoms with Crippen LogP contribution in [-0.2, 0) is 4.79 Å². The summed E-state index contributed by atoms with van der Waals surface area (Å²) in [5, 5.41) is 5.68. The number of imide groups is 1. The smallest absolute Gasteiger partial charge is 0.266 e. The molecule has 0 fully saturated rings. The first-order valence-electron chi connectivity index (χ1n) is 11.3. The van der Waals surface area contributed by atoms with E-state index in [0.717, 1.165) is 16.0 Å². The first kappa shape index (κ1) is 25.3. The number of anilines is 2. The Bertz CT molecular complexity index is 1350. The monoisotopic (exact) mass is 521 g/mol. The molecular formula is C27H24ClN3O4S. The van der Waals surface area contributed by atoms with E-state index in [1.165, 1.54) is 6.07 Å². The van der Waals surface area contributed by atoms with E-state index in [9.17, 15) is 14.4 Å². The number of nitrogens with one attached hydrogen (secondary N) is 2. The summed E-state index contributed by atoms with van der Waals surface area (Å²) in [5.41, 5.74) is 3.48. The fraction of sp³-hybridized carbons (Fsp3) is 0.185. The molecule has 0 saturated heterocycles. The highest BCUT2D eigenvalue weighted by Crippen LogP contribution is 2.33. The summed E-state index contributed by atoms with van der Waals surface area (Å²) >= 11 is 11.6. The predicted molar refractivity (Wildman–Crippen MR) is 144 cm³/mol. The van der Waals surface area contributed by atoms with Crippen LogP contribution in [0.15, 0.2) is 60.7 Å². The van der Waals surface area contributed by atoms with E-state index >= 15 is 0 Å². The lowest BCUT2D eigenvalue weighted by Gasteiger charge is -2.17. The number of hydrogen-bond acceptors (Lipinski definition) is 5. The Morgan fingerprint density at radius 3 is 2.31 bits per heavy atom. The quantitative estimate of drug-likeness (QED) is 0.330. The van der Waals surface area contributed by atoms with Gasteiger partial charge in [0.05, 0.1) is 27.5 Å². The highest BCUT2D eigenvalue weighted by atomic mass is 35.5. The van der Waals surface area contributed by atoms with Crippen LogP contribution in [0.25, 0.3) is 0 Å². The summed E-state index contributed by atoms with van der Waals surface area (Å²) in [6.45, 7) is 5.86. The van der Waals surface area contributed by atoms with Gasteiger partial charge in [-0.15, -0.1) is 0 Å². The minimum Gasteiger partial charge on any atom is -0.483 e. The zero-order valence-corrected chi connectivity index (χ0v) is 21.5. The second-order valence-electron chi connectivity index (χ2n) is 8.64. The molecule has 3 aromatic rings. The third kappa shape index (κ3) is 5.24. The first-order valence-corrected chi connectivity index (χ1v) is 12.1. The van der Waals surface area contributed by atoms with Crippen molar-refractivity contribution in [3.8, 4) is 5.75 Å². The van der Waals surface area contributed by atoms with Gasteiger partial charge in [0.1, 0.15) is 5.75 Å². The number of hydrogen-bond donors (Lipinski definition) is 2. The summed E-state index contributed by atoms with van der Waals surface area (Å²) in [6.07, 6.45) is 0. The summed E-state index contributed by atoms with van der Waals surface area (Å²) < 4.78 is 5.74. The van der Waals surface area contributed by atoms with Crippen molar-refractivity contribution in [2.24, 2.45) is 0 Å². The molecule has 0 spiro atoms. The van der Waals surface area contributed by atoms with Crippen LogP contribution in [0.1, 0.15) is 51.6 Å². The van der Waals surface area contributed by atoms with Crippen molar-refractivity contribution in [3.05, 3.63) is 87.9 Å². The molecule has 1 heterocycles. The third-order valence-corrected chi connectivity index (χ3v) is 6.17. The van der Waals surface area contributed by atoms with Crippen LogP contribution in [-0.4, -0.2) is 29.4 Å². The molecule has 0 radical (unpaired) electrons. The fourth-order valence-corrected chi connectivity index (χ4v) is 4.32. The van der Waals surface area contributed by atoms with Crippen LogP contribution < -0.4 is 20.3 Å². The maximum Gasteiger partial charge on any atom is 0.266 e. The van der Waals surface area contributed by atoms with Crippen LogP contribution >= 0.6 is 23.8 Å². The van der Waals surface area contributed by atoms with Gasteiger partial charge < -0.3 is 10.1 Å². The zero-order valence-electron chi connectivity index (χ0n) is 19.9. The number of amides is 3. The first-order chi connectivity index (χ1) is 17.2. The average molecular weight is 522 g/mol. The molecule has 0 atom stereocenters. The van der Waals surface area contributed by atoms with Gasteiger partial charge in [-0.05, 0) is 72.6 Å². The van der Waals surface area contributed by atoms with E-state index in [0.29, 0.717) is 28.3 Å². The Morgan fingerprint density at radius 2 is 1.69 bits per heavy atom. The topological polar surface area (TPSA) is 87.7 Å². The molecule has 0 aromatic heterocycles. The minimum atomic E-state index is -0.428. The number of carbonyl (C=O) groups excluding carboxylic acids is 3. The second-order valence-corrected chi connectivity index (χ2v) is 9.46. The molecule has 0 saturated carbocycles. The molecular weight excluding hydrogens is 498 g/mol. The SMILES string of the molecule is Cc1ccc(C(C)C)c(OCC(=O)NC(=S)Nc2ccc(N3C(=O)c4ccccc4C3=O)cc2Cl)c1. The van der Waals surface area contributed by atoms with Crippen molar-refractivity contribution in [1.29, 1.82) is 0 Å². The van der Waals surface area contributed by atoms with Crippen molar-refractivity contribution in [1.82, 2.24) is 5.32 Å². The molecule has 4 rings (SSSR count). The van der Waals surface area contributed by atoms with Gasteiger partial charge in [0, 0.05) is 0 Å². The van der Waals surface area contributed by atoms with Gasteiger partial charge in [-0.25, -0.2) is 4.90 Å². The van der Waals surface area contributed by atoms with Crippen molar-refractivity contribution in [2.45, 2.75) is 26.7 Å². The van der Waals surface area contributed by atoms with Gasteiger partial charge in [0.25, 0.3) is 17.7 Å². The molecule has 2 N–H and O–H groups in total. The molecule has 1 aliphatic rings. The summed E-state index contributed by atoms with van der Waals surface area (Å²) in [5.74, 6) is -0.348. The van der Waals surface area contributed by atoms with Crippen LogP contribution in [0.4, 0.5) is 11.4 Å². The van der Waals surface area contributed by atoms with Crippen molar-refractivity contribution >= 4 is 58.0 Å². The highest BCUT2D eigenvalue weighted by Gasteiger charge is 2.36. The number of rotatable bonds is 6. The molecule has 0 aliphatic carbocycles. The van der Waals surface area contributed by atoms with Crippen LogP contribution in [0.2, 0.25) is 5.02 Å². The molecule has 36 heavy (non-hydrogen) atoms. The van der Waals surface area contributed by atoms with E-state index < -0.39 is 17.7 Å². The van der Waals surface area contributed by atoms with Gasteiger partial charge in [0.2, 0.25) is 0 Å². The number of benzene rings is 3. The molecule has 0 bridgehead atoms. The minimum absolute atomic E-state index is 0.0345. The third-order valence-electron chi connectivity index (χ3n) is 5.66. The lowest BCUT2D eigenvalue weighted by Crippen LogP contribution is -2.37. The zero-order chi connectivity index (χ0) is 26.0. The van der Waals surface area contributed by atoms with Gasteiger partial charge in [0.15, 0.2) is 11.7 Å². The maximum absolute atomic E-state index is 12.7. The summed E-state index contributed by atoms with van der Waals surface area (Å²) in [6, 6.07) is 17.2. The molecule has 184 valence electrons. The van der Waals surface area contributed by atoms with Gasteiger partial charge in [-0.2, -0.15) is 0 Å². The second kappa shape index (κ2) is 10.5. The average Bonchev–Trinajstić information content (AvgIpc) is 3.09. The summed E-state index contributed by atoms with van der Waals surface area (Å²) in [4.78, 5) is 38.9. The Hall–Kier alpha value is -3.75. The van der Waals surface area contributed by atoms with Crippen molar-refractivity contribution in [2.75, 3.05) is 16.8 Å². The normalized spacial score (nSPS) is 12.5. The molecule has 0 unspecified atom stereocenters. The van der Waals surface area contributed by atoms with E-state index in [4.69, 9.17) is 28.6 Å². The molecule has 1 aliphatic heterocycles. The Kier molecular flexibility index (Phi) is 7.37. The lowest BCUT2D eigenvalue weighted by atomic mass is 10.0. The summed E-state index contributed by atoms with van der Waals surface area (Å²) in [7, 11) is 0. The Morgan fingerprint density at radius 1 is 1.03 bits per heavy atom. The predicted octanol–water partition coefficient (Wildman–Crippen LogP) is 5.46. The Balaban J connectivity index is 1.37. The molecule has 3 aromatic carbocycles. The maximum atomic E-state index is 12.7. The molecule has 3 amide bonds. The number of nitrogens with zero attached hydrogens (tertiary/aromatic N) is 1. The lowest BCUT2D eigenvalue weighted by molar-refractivity contribution is -0.121. The van der Waals surface area contributed by atoms with E-state index in [1.807, 2.05) is 25.1 Å². The van der Waals surface area contributed by atoms with Gasteiger partial charge >= 0.3 is 0 Å². The fourth-order valence-electron chi connectivity index (χ4n) is 3.87. The van der Waals surface area contributed by atoms with E-state index in [-0.39, 0.29) is 22.7 Å². The standard InChI is InChI=1S/C27H24ClN3O4S/c1-15(2)18-10-8-16(3)12-23(18)35-14-24(32)30-27(36)29-22-11-9-17(13-21(22)28)31-25(33)19-6-4-5-7-20(19)26(31)34/h4-13,15H,14H2,1-3H3,(H2,29,30,32,36). The van der Waals surface area contributed by atoms with Crippen LogP contribution in [0, 0.1) is 6.92 Å². The number of ether oxygens (including phenoxy) is 1. The largest absolute Gasteiger partial charge is 0.483 e. The molecule has 9 heteroatoms. The number of thiocarbonyl (C=S) groups is 1. The molecule has 7 nitrogen and oxygen atoms in total. The Labute approximate surface area is 219 Å². The van der Waals surface area contributed by atoms with Crippen LogP contribution in [0.5, 0.6) is 5.75 Å². The van der Waals surface area contributed by atoms with Gasteiger partial charge in [-0.1, -0.05) is 49.7 Å². The van der Waals surface area contributed by atoms with E-state index in [1.54, 1.807) is 36.4 Å². The highest BCUT2D eigenvalue weighted by molar-refractivity contribution is 7.80. The van der Waals surface area contributed by atoms with E-state index in [2.05, 4.69) is 24.5 Å². The number of carbonyl (C=O) groups is 3. The number of halogens is 1. The van der Waals surface area contributed by atoms with Crippen molar-refractivity contribution < 1.29 is 19.1 Å². The van der Waals surface area contributed by atoms with Crippen molar-refractivity contribution in [3.63, 3.8) is 0 Å². The number of fused-ring (bicyclic) bond motifs is 1. The number of aryl methyl sites for hydroxylation is 1. The van der Waals surface area contributed by atoms with Crippen LogP contribution in [0.3, 0.4) is 0 Å². The van der Waals surface area contributed by atoms with Gasteiger partial charge in [-0.3, -0.25) is 19.7 Å².